The van der Waals surface area contributed by atoms with Gasteiger partial charge in [-0.2, -0.15) is 0 Å². The number of nitrogens with zero attached hydrogens (tertiary/aromatic N) is 1. The highest BCUT2D eigenvalue weighted by Gasteiger charge is 2.50. The van der Waals surface area contributed by atoms with Gasteiger partial charge in [0.2, 0.25) is 0 Å². The molecular weight excluding hydrogens is 302 g/mol. The van der Waals surface area contributed by atoms with Crippen LogP contribution in [0, 0.1) is 0 Å². The van der Waals surface area contributed by atoms with Gasteiger partial charge in [-0.3, -0.25) is 9.59 Å². The summed E-state index contributed by atoms with van der Waals surface area (Å²) in [4.78, 5) is 25.8. The first-order valence-corrected chi connectivity index (χ1v) is 8.11. The van der Waals surface area contributed by atoms with Crippen LogP contribution in [0.5, 0.6) is 0 Å². The minimum absolute atomic E-state index is 0.218. The van der Waals surface area contributed by atoms with E-state index < -0.39 is 11.5 Å². The van der Waals surface area contributed by atoms with Crippen LogP contribution in [-0.4, -0.2) is 23.3 Å². The maximum absolute atomic E-state index is 12.7. The van der Waals surface area contributed by atoms with Gasteiger partial charge in [-0.15, -0.1) is 0 Å². The van der Waals surface area contributed by atoms with E-state index in [-0.39, 0.29) is 12.2 Å². The molecule has 1 unspecified atom stereocenters. The zero-order valence-corrected chi connectivity index (χ0v) is 13.8. The minimum atomic E-state index is -1.78. The fourth-order valence-corrected chi connectivity index (χ4v) is 3.14. The molecule has 0 aromatic heterocycles. The normalized spacial score (nSPS) is 20.4. The number of unbranched alkanes of at least 4 members (excludes halogenated alkanes) is 3. The maximum Gasteiger partial charge on any atom is 0.264 e. The van der Waals surface area contributed by atoms with E-state index >= 15 is 0 Å². The van der Waals surface area contributed by atoms with Gasteiger partial charge < -0.3 is 10.0 Å². The number of amides is 1. The van der Waals surface area contributed by atoms with Gasteiger partial charge in [-0.05, 0) is 31.5 Å². The largest absolute Gasteiger partial charge is 0.375 e. The summed E-state index contributed by atoms with van der Waals surface area (Å²) >= 11 is 6.00. The van der Waals surface area contributed by atoms with Crippen LogP contribution in [-0.2, 0) is 15.2 Å². The Balaban J connectivity index is 2.31. The molecule has 1 amide bonds. The van der Waals surface area contributed by atoms with Gasteiger partial charge >= 0.3 is 0 Å². The Morgan fingerprint density at radius 2 is 2.05 bits per heavy atom. The van der Waals surface area contributed by atoms with Crippen molar-refractivity contribution in [2.75, 3.05) is 11.4 Å². The molecule has 0 aliphatic carbocycles. The molecule has 0 bridgehead atoms. The Bertz CT molecular complexity index is 587. The first-order valence-electron chi connectivity index (χ1n) is 7.74. The molecule has 4 nitrogen and oxygen atoms in total. The molecule has 0 saturated heterocycles. The smallest absolute Gasteiger partial charge is 0.264 e. The number of anilines is 1. The summed E-state index contributed by atoms with van der Waals surface area (Å²) in [6.07, 6.45) is 3.93. The molecule has 22 heavy (non-hydrogen) atoms. The van der Waals surface area contributed by atoms with E-state index in [2.05, 4.69) is 6.92 Å². The van der Waals surface area contributed by atoms with Crippen LogP contribution in [0.1, 0.15) is 51.5 Å². The number of ketones is 1. The van der Waals surface area contributed by atoms with Crippen molar-refractivity contribution >= 4 is 29.0 Å². The topological polar surface area (TPSA) is 57.6 Å². The number of aliphatic hydroxyl groups is 1. The van der Waals surface area contributed by atoms with Crippen molar-refractivity contribution in [2.45, 2.75) is 51.6 Å². The lowest BCUT2D eigenvalue weighted by atomic mass is 9.90. The third-order valence-corrected chi connectivity index (χ3v) is 4.27. The molecule has 1 N–H and O–H groups in total. The van der Waals surface area contributed by atoms with E-state index in [0.717, 1.165) is 25.7 Å². The molecule has 120 valence electrons. The van der Waals surface area contributed by atoms with E-state index in [9.17, 15) is 14.7 Å². The van der Waals surface area contributed by atoms with Crippen molar-refractivity contribution in [3.63, 3.8) is 0 Å². The standard InChI is InChI=1S/C17H22ClNO3/c1-3-4-5-6-9-19-15-8-7-13(18)10-14(15)17(22,16(19)21)11-12(2)20/h7-8,10,22H,3-6,9,11H2,1-2H3. The highest BCUT2D eigenvalue weighted by Crippen LogP contribution is 2.43. The first-order chi connectivity index (χ1) is 10.4. The van der Waals surface area contributed by atoms with Crippen LogP contribution in [0.2, 0.25) is 5.02 Å². The Morgan fingerprint density at radius 1 is 1.32 bits per heavy atom. The predicted molar refractivity (Wildman–Crippen MR) is 87.1 cm³/mol. The van der Waals surface area contributed by atoms with Crippen molar-refractivity contribution in [1.82, 2.24) is 0 Å². The number of benzene rings is 1. The van der Waals surface area contributed by atoms with Crippen molar-refractivity contribution in [1.29, 1.82) is 0 Å². The Labute approximate surface area is 136 Å². The molecule has 5 heteroatoms. The van der Waals surface area contributed by atoms with Crippen molar-refractivity contribution in [3.05, 3.63) is 28.8 Å². The van der Waals surface area contributed by atoms with E-state index in [1.54, 1.807) is 23.1 Å². The highest BCUT2D eigenvalue weighted by atomic mass is 35.5. The monoisotopic (exact) mass is 323 g/mol. The van der Waals surface area contributed by atoms with Gasteiger partial charge in [0.05, 0.1) is 5.69 Å². The molecule has 0 radical (unpaired) electrons. The molecule has 0 saturated carbocycles. The zero-order chi connectivity index (χ0) is 16.3. The summed E-state index contributed by atoms with van der Waals surface area (Å²) < 4.78 is 0. The van der Waals surface area contributed by atoms with Gasteiger partial charge in [-0.1, -0.05) is 37.8 Å². The fraction of sp³-hybridized carbons (Fsp3) is 0.529. The molecule has 1 atom stereocenters. The predicted octanol–water partition coefficient (Wildman–Crippen LogP) is 3.43. The molecular formula is C17H22ClNO3. The van der Waals surface area contributed by atoms with Crippen LogP contribution in [0.25, 0.3) is 0 Å². The summed E-state index contributed by atoms with van der Waals surface area (Å²) in [6.45, 7) is 4.05. The third-order valence-electron chi connectivity index (χ3n) is 4.03. The number of Topliss-reactive ketones (excluding diaryl/α,β-unsaturated/α-hetero) is 1. The van der Waals surface area contributed by atoms with E-state index in [4.69, 9.17) is 11.6 Å². The number of rotatable bonds is 7. The van der Waals surface area contributed by atoms with E-state index in [1.165, 1.54) is 6.92 Å². The molecule has 1 aliphatic heterocycles. The number of carbonyl (C=O) groups excluding carboxylic acids is 2. The molecule has 1 aromatic carbocycles. The average Bonchev–Trinajstić information content (AvgIpc) is 2.64. The second-order valence-corrected chi connectivity index (χ2v) is 6.35. The van der Waals surface area contributed by atoms with Crippen molar-refractivity contribution in [3.8, 4) is 0 Å². The van der Waals surface area contributed by atoms with E-state index in [1.807, 2.05) is 0 Å². The lowest BCUT2D eigenvalue weighted by Gasteiger charge is -2.22. The van der Waals surface area contributed by atoms with Gasteiger partial charge in [0, 0.05) is 23.6 Å². The quantitative estimate of drug-likeness (QED) is 0.782. The van der Waals surface area contributed by atoms with Gasteiger partial charge in [0.1, 0.15) is 5.78 Å². The summed E-state index contributed by atoms with van der Waals surface area (Å²) in [5, 5.41) is 11.3. The molecule has 1 aromatic rings. The number of fused-ring (bicyclic) bond motifs is 1. The van der Waals surface area contributed by atoms with Crippen LogP contribution >= 0.6 is 11.6 Å². The second kappa shape index (κ2) is 6.80. The number of carbonyl (C=O) groups is 2. The number of hydrogen-bond donors (Lipinski definition) is 1. The van der Waals surface area contributed by atoms with Crippen molar-refractivity contribution in [2.24, 2.45) is 0 Å². The SMILES string of the molecule is CCCCCCN1C(=O)C(O)(CC(C)=O)c2cc(Cl)ccc21. The maximum atomic E-state index is 12.7. The summed E-state index contributed by atoms with van der Waals surface area (Å²) in [6, 6.07) is 5.03. The Hall–Kier alpha value is -1.39. The van der Waals surface area contributed by atoms with Crippen LogP contribution in [0.3, 0.4) is 0 Å². The summed E-state index contributed by atoms with van der Waals surface area (Å²) in [5.41, 5.74) is -0.679. The summed E-state index contributed by atoms with van der Waals surface area (Å²) in [5.74, 6) is -0.647. The van der Waals surface area contributed by atoms with E-state index in [0.29, 0.717) is 22.8 Å². The molecule has 2 rings (SSSR count). The Kier molecular flexibility index (Phi) is 5.24. The lowest BCUT2D eigenvalue weighted by Crippen LogP contribution is -2.41. The highest BCUT2D eigenvalue weighted by molar-refractivity contribution is 6.31. The van der Waals surface area contributed by atoms with Crippen molar-refractivity contribution < 1.29 is 14.7 Å². The molecule has 0 fully saturated rings. The zero-order valence-electron chi connectivity index (χ0n) is 13.1. The second-order valence-electron chi connectivity index (χ2n) is 5.92. The molecule has 0 spiro atoms. The van der Waals surface area contributed by atoms with Crippen LogP contribution < -0.4 is 4.90 Å². The van der Waals surface area contributed by atoms with Gasteiger partial charge in [-0.25, -0.2) is 0 Å². The lowest BCUT2D eigenvalue weighted by molar-refractivity contribution is -0.141. The van der Waals surface area contributed by atoms with Crippen LogP contribution in [0.15, 0.2) is 18.2 Å². The third kappa shape index (κ3) is 3.18. The number of halogens is 1. The fourth-order valence-electron chi connectivity index (χ4n) is 2.97. The summed E-state index contributed by atoms with van der Waals surface area (Å²) in [7, 11) is 0. The van der Waals surface area contributed by atoms with Gasteiger partial charge in [0.25, 0.3) is 5.91 Å². The number of hydrogen-bond acceptors (Lipinski definition) is 3. The average molecular weight is 324 g/mol. The Morgan fingerprint density at radius 3 is 2.68 bits per heavy atom. The van der Waals surface area contributed by atoms with Crippen LogP contribution in [0.4, 0.5) is 5.69 Å². The van der Waals surface area contributed by atoms with Gasteiger partial charge in [0.15, 0.2) is 5.60 Å². The molecule has 1 aliphatic rings. The first kappa shape index (κ1) is 17.0. The minimum Gasteiger partial charge on any atom is -0.375 e. The molecule has 1 heterocycles.